The molecule has 0 saturated heterocycles. The minimum absolute atomic E-state index is 0.326. The predicted octanol–water partition coefficient (Wildman–Crippen LogP) is 3.63. The fraction of sp³-hybridized carbons (Fsp3) is 0.125. The summed E-state index contributed by atoms with van der Waals surface area (Å²) in [4.78, 5) is 4.36. The highest BCUT2D eigenvalue weighted by Gasteiger charge is 2.16. The van der Waals surface area contributed by atoms with Crippen LogP contribution in [0.3, 0.4) is 0 Å². The molecule has 0 spiro atoms. The molecule has 0 unspecified atom stereocenters. The van der Waals surface area contributed by atoms with Gasteiger partial charge in [0.1, 0.15) is 0 Å². The van der Waals surface area contributed by atoms with E-state index in [1.54, 1.807) is 12.1 Å². The number of benzene rings is 2. The van der Waals surface area contributed by atoms with Gasteiger partial charge < -0.3 is 10.3 Å². The van der Waals surface area contributed by atoms with Crippen molar-refractivity contribution in [1.29, 1.82) is 0 Å². The Hall–Kier alpha value is -2.17. The van der Waals surface area contributed by atoms with Crippen molar-refractivity contribution in [3.8, 4) is 11.4 Å². The van der Waals surface area contributed by atoms with Crippen LogP contribution in [0.5, 0.6) is 0 Å². The van der Waals surface area contributed by atoms with Crippen LogP contribution in [0, 0.1) is 0 Å². The van der Waals surface area contributed by atoms with E-state index in [1.165, 1.54) is 0 Å². The Morgan fingerprint density at radius 3 is 2.67 bits per heavy atom. The first-order chi connectivity index (χ1) is 10.2. The molecule has 3 rings (SSSR count). The number of hydrogen-bond donors (Lipinski definition) is 1. The average molecular weight is 300 g/mol. The quantitative estimate of drug-likeness (QED) is 0.799. The van der Waals surface area contributed by atoms with Gasteiger partial charge in [-0.15, -0.1) is 0 Å². The van der Waals surface area contributed by atoms with Crippen LogP contribution in [0.15, 0.2) is 59.1 Å². The maximum Gasteiger partial charge on any atom is 0.244 e. The molecule has 0 fully saturated rings. The zero-order valence-electron chi connectivity index (χ0n) is 11.2. The van der Waals surface area contributed by atoms with Crippen LogP contribution >= 0.6 is 11.6 Å². The molecular formula is C16H14ClN3O. The van der Waals surface area contributed by atoms with Crippen molar-refractivity contribution < 1.29 is 4.52 Å². The van der Waals surface area contributed by atoms with Crippen molar-refractivity contribution in [2.75, 3.05) is 0 Å². The van der Waals surface area contributed by atoms with Gasteiger partial charge in [-0.3, -0.25) is 0 Å². The summed E-state index contributed by atoms with van der Waals surface area (Å²) in [5.41, 5.74) is 8.07. The lowest BCUT2D eigenvalue weighted by Crippen LogP contribution is -2.13. The molecule has 0 radical (unpaired) electrons. The lowest BCUT2D eigenvalue weighted by molar-refractivity contribution is 0.354. The minimum atomic E-state index is -0.326. The molecule has 0 amide bonds. The normalized spacial score (nSPS) is 12.3. The number of aromatic nitrogens is 2. The molecule has 2 N–H and O–H groups in total. The Morgan fingerprint density at radius 2 is 1.90 bits per heavy atom. The zero-order chi connectivity index (χ0) is 14.7. The number of nitrogens with zero attached hydrogens (tertiary/aromatic N) is 2. The van der Waals surface area contributed by atoms with Crippen LogP contribution in [0.2, 0.25) is 5.02 Å². The topological polar surface area (TPSA) is 64.9 Å². The predicted molar refractivity (Wildman–Crippen MR) is 81.8 cm³/mol. The molecule has 1 aromatic heterocycles. The highest BCUT2D eigenvalue weighted by molar-refractivity contribution is 6.30. The highest BCUT2D eigenvalue weighted by atomic mass is 35.5. The minimum Gasteiger partial charge on any atom is -0.337 e. The summed E-state index contributed by atoms with van der Waals surface area (Å²) >= 11 is 5.96. The van der Waals surface area contributed by atoms with Crippen molar-refractivity contribution in [2.45, 2.75) is 12.5 Å². The van der Waals surface area contributed by atoms with E-state index in [0.29, 0.717) is 23.2 Å². The first-order valence-corrected chi connectivity index (χ1v) is 6.99. The van der Waals surface area contributed by atoms with Gasteiger partial charge in [0, 0.05) is 10.6 Å². The van der Waals surface area contributed by atoms with Crippen LogP contribution in [-0.4, -0.2) is 10.1 Å². The van der Waals surface area contributed by atoms with Gasteiger partial charge in [0.25, 0.3) is 0 Å². The first-order valence-electron chi connectivity index (χ1n) is 6.61. The Kier molecular flexibility index (Phi) is 3.99. The second-order valence-electron chi connectivity index (χ2n) is 4.76. The van der Waals surface area contributed by atoms with E-state index in [4.69, 9.17) is 21.9 Å². The lowest BCUT2D eigenvalue weighted by atomic mass is 10.1. The molecule has 1 heterocycles. The molecule has 1 atom stereocenters. The molecule has 0 aliphatic heterocycles. The maximum absolute atomic E-state index is 6.13. The number of rotatable bonds is 4. The van der Waals surface area contributed by atoms with Crippen LogP contribution in [0.25, 0.3) is 11.4 Å². The highest BCUT2D eigenvalue weighted by Crippen LogP contribution is 2.22. The summed E-state index contributed by atoms with van der Waals surface area (Å²) < 4.78 is 5.26. The molecule has 21 heavy (non-hydrogen) atoms. The van der Waals surface area contributed by atoms with Crippen LogP contribution < -0.4 is 5.73 Å². The van der Waals surface area contributed by atoms with Gasteiger partial charge in [-0.2, -0.15) is 4.98 Å². The molecule has 0 aliphatic carbocycles. The number of hydrogen-bond acceptors (Lipinski definition) is 4. The SMILES string of the molecule is N[C@H](Cc1ccccc1)c1nc(-c2cccc(Cl)c2)no1. The average Bonchev–Trinajstić information content (AvgIpc) is 2.98. The molecule has 4 nitrogen and oxygen atoms in total. The smallest absolute Gasteiger partial charge is 0.244 e. The zero-order valence-corrected chi connectivity index (χ0v) is 12.0. The van der Waals surface area contributed by atoms with Crippen LogP contribution in [0.1, 0.15) is 17.5 Å². The van der Waals surface area contributed by atoms with Crippen molar-refractivity contribution in [2.24, 2.45) is 5.73 Å². The summed E-state index contributed by atoms with van der Waals surface area (Å²) in [5.74, 6) is 0.921. The summed E-state index contributed by atoms with van der Waals surface area (Å²) in [6.07, 6.45) is 0.651. The molecule has 0 aliphatic rings. The van der Waals surface area contributed by atoms with Gasteiger partial charge in [-0.05, 0) is 24.1 Å². The van der Waals surface area contributed by atoms with Gasteiger partial charge in [0.05, 0.1) is 6.04 Å². The molecule has 3 aromatic rings. The monoisotopic (exact) mass is 299 g/mol. The fourth-order valence-corrected chi connectivity index (χ4v) is 2.28. The van der Waals surface area contributed by atoms with E-state index in [9.17, 15) is 0 Å². The van der Waals surface area contributed by atoms with E-state index >= 15 is 0 Å². The van der Waals surface area contributed by atoms with Crippen molar-refractivity contribution >= 4 is 11.6 Å². The maximum atomic E-state index is 6.13. The Bertz CT molecular complexity index is 727. The standard InChI is InChI=1S/C16H14ClN3O/c17-13-8-4-7-12(10-13)15-19-16(21-20-15)14(18)9-11-5-2-1-3-6-11/h1-8,10,14H,9,18H2/t14-/m1/s1. The van der Waals surface area contributed by atoms with Gasteiger partial charge in [-0.1, -0.05) is 59.2 Å². The van der Waals surface area contributed by atoms with Crippen LogP contribution in [0.4, 0.5) is 0 Å². The summed E-state index contributed by atoms with van der Waals surface area (Å²) in [6, 6.07) is 17.0. The largest absolute Gasteiger partial charge is 0.337 e. The first kappa shape index (κ1) is 13.8. The lowest BCUT2D eigenvalue weighted by Gasteiger charge is -2.05. The molecule has 5 heteroatoms. The Balaban J connectivity index is 1.78. The van der Waals surface area contributed by atoms with E-state index in [0.717, 1.165) is 11.1 Å². The van der Waals surface area contributed by atoms with E-state index in [-0.39, 0.29) is 6.04 Å². The second kappa shape index (κ2) is 6.08. The van der Waals surface area contributed by atoms with Crippen molar-refractivity contribution in [3.05, 3.63) is 71.1 Å². The Labute approximate surface area is 127 Å². The molecule has 2 aromatic carbocycles. The summed E-state index contributed by atoms with van der Waals surface area (Å²) in [6.45, 7) is 0. The fourth-order valence-electron chi connectivity index (χ4n) is 2.09. The molecule has 0 saturated carbocycles. The molecule has 0 bridgehead atoms. The van der Waals surface area contributed by atoms with Crippen LogP contribution in [-0.2, 0) is 6.42 Å². The van der Waals surface area contributed by atoms with E-state index < -0.39 is 0 Å². The van der Waals surface area contributed by atoms with Crippen molar-refractivity contribution in [1.82, 2.24) is 10.1 Å². The summed E-state index contributed by atoms with van der Waals surface area (Å²) in [5, 5.41) is 4.60. The second-order valence-corrected chi connectivity index (χ2v) is 5.20. The molecule has 106 valence electrons. The van der Waals surface area contributed by atoms with Gasteiger partial charge in [-0.25, -0.2) is 0 Å². The Morgan fingerprint density at radius 1 is 1.10 bits per heavy atom. The van der Waals surface area contributed by atoms with Gasteiger partial charge >= 0.3 is 0 Å². The van der Waals surface area contributed by atoms with E-state index in [1.807, 2.05) is 42.5 Å². The third-order valence-corrected chi connectivity index (χ3v) is 3.38. The van der Waals surface area contributed by atoms with Gasteiger partial charge in [0.15, 0.2) is 0 Å². The van der Waals surface area contributed by atoms with Gasteiger partial charge in [0.2, 0.25) is 11.7 Å². The number of nitrogens with two attached hydrogens (primary N) is 1. The third-order valence-electron chi connectivity index (χ3n) is 3.14. The van der Waals surface area contributed by atoms with Crippen molar-refractivity contribution in [3.63, 3.8) is 0 Å². The molecular weight excluding hydrogens is 286 g/mol. The third kappa shape index (κ3) is 3.29. The number of halogens is 1. The van der Waals surface area contributed by atoms with E-state index in [2.05, 4.69) is 10.1 Å². The summed E-state index contributed by atoms with van der Waals surface area (Å²) in [7, 11) is 0.